The second-order valence-electron chi connectivity index (χ2n) is 6.50. The molecule has 1 aromatic rings. The molecule has 10 heteroatoms. The number of esters is 1. The van der Waals surface area contributed by atoms with Crippen LogP contribution < -0.4 is 0 Å². The number of carbonyl (C=O) groups excluding carboxylic acids is 1. The Hall–Kier alpha value is -3.95. The average Bonchev–Trinajstić information content (AvgIpc) is 3.19. The summed E-state index contributed by atoms with van der Waals surface area (Å²) in [5.74, 6) is -2.44. The van der Waals surface area contributed by atoms with Crippen LogP contribution in [0.5, 0.6) is 0 Å². The molecular formula is C25H29F4N3O3. The number of aromatic nitrogens is 1. The van der Waals surface area contributed by atoms with Gasteiger partial charge in [-0.15, -0.1) is 6.58 Å². The Morgan fingerprint density at radius 2 is 1.89 bits per heavy atom. The summed E-state index contributed by atoms with van der Waals surface area (Å²) in [5.41, 5.74) is -2.76. The molecule has 0 saturated heterocycles. The molecule has 0 aliphatic carbocycles. The van der Waals surface area contributed by atoms with Gasteiger partial charge in [0.15, 0.2) is 11.5 Å². The minimum Gasteiger partial charge on any atom is -0.465 e. The van der Waals surface area contributed by atoms with Crippen molar-refractivity contribution in [2.45, 2.75) is 33.4 Å². The molecule has 0 fully saturated rings. The van der Waals surface area contributed by atoms with Gasteiger partial charge in [0.05, 0.1) is 18.5 Å². The molecule has 0 unspecified atom stereocenters. The topological polar surface area (TPSA) is 67.9 Å². The summed E-state index contributed by atoms with van der Waals surface area (Å²) >= 11 is 0. The van der Waals surface area contributed by atoms with Gasteiger partial charge in [-0.1, -0.05) is 54.8 Å². The molecule has 0 aliphatic rings. The highest BCUT2D eigenvalue weighted by atomic mass is 19.4. The van der Waals surface area contributed by atoms with Crippen molar-refractivity contribution in [1.29, 1.82) is 0 Å². The van der Waals surface area contributed by atoms with Gasteiger partial charge in [0.25, 0.3) is 0 Å². The van der Waals surface area contributed by atoms with Crippen molar-refractivity contribution >= 4 is 18.3 Å². The predicted octanol–water partition coefficient (Wildman–Crippen LogP) is 7.23. The van der Waals surface area contributed by atoms with Crippen LogP contribution in [0, 0.1) is 6.92 Å². The van der Waals surface area contributed by atoms with Crippen LogP contribution in [0.25, 0.3) is 5.57 Å². The highest BCUT2D eigenvalue weighted by molar-refractivity contribution is 5.95. The maximum Gasteiger partial charge on any atom is 0.433 e. The molecule has 0 aromatic carbocycles. The van der Waals surface area contributed by atoms with Crippen LogP contribution in [0.2, 0.25) is 0 Å². The van der Waals surface area contributed by atoms with Gasteiger partial charge in [0.2, 0.25) is 0 Å². The molecule has 0 amide bonds. The van der Waals surface area contributed by atoms with Crippen molar-refractivity contribution < 1.29 is 31.6 Å². The molecule has 1 rings (SSSR count). The summed E-state index contributed by atoms with van der Waals surface area (Å²) in [6.45, 7) is 17.2. The number of hydrazone groups is 1. The van der Waals surface area contributed by atoms with Gasteiger partial charge in [0.1, 0.15) is 11.4 Å². The Balaban J connectivity index is 0.00000143. The lowest BCUT2D eigenvalue weighted by Gasteiger charge is -2.26. The number of rotatable bonds is 10. The lowest BCUT2D eigenvalue weighted by Crippen LogP contribution is -2.29. The molecule has 190 valence electrons. The van der Waals surface area contributed by atoms with Gasteiger partial charge in [-0.25, -0.2) is 14.2 Å². The molecule has 1 heterocycles. The summed E-state index contributed by atoms with van der Waals surface area (Å²) in [7, 11) is 1.06. The van der Waals surface area contributed by atoms with Gasteiger partial charge in [0, 0.05) is 12.3 Å². The van der Waals surface area contributed by atoms with Gasteiger partial charge in [-0.05, 0) is 33.3 Å². The molecule has 0 aliphatic heterocycles. The first-order valence-corrected chi connectivity index (χ1v) is 10.1. The first-order chi connectivity index (χ1) is 16.5. The van der Waals surface area contributed by atoms with E-state index in [0.29, 0.717) is 0 Å². The Kier molecular flexibility index (Phi) is 13.4. The summed E-state index contributed by atoms with van der Waals surface area (Å²) in [6, 6.07) is 0. The summed E-state index contributed by atoms with van der Waals surface area (Å²) in [4.78, 5) is 11.9. The second kappa shape index (κ2) is 15.0. The summed E-state index contributed by atoms with van der Waals surface area (Å²) < 4.78 is 65.5. The van der Waals surface area contributed by atoms with Gasteiger partial charge < -0.3 is 9.26 Å². The van der Waals surface area contributed by atoms with Crippen LogP contribution in [0.3, 0.4) is 0 Å². The highest BCUT2D eigenvalue weighted by Gasteiger charge is 2.43. The number of halogens is 4. The molecule has 0 N–H and O–H groups in total. The van der Waals surface area contributed by atoms with Crippen molar-refractivity contribution in [3.8, 4) is 0 Å². The van der Waals surface area contributed by atoms with E-state index in [1.165, 1.54) is 13.8 Å². The van der Waals surface area contributed by atoms with E-state index in [9.17, 15) is 22.4 Å². The van der Waals surface area contributed by atoms with Crippen molar-refractivity contribution in [3.05, 3.63) is 96.5 Å². The minimum absolute atomic E-state index is 0.0322. The average molecular weight is 496 g/mol. The zero-order chi connectivity index (χ0) is 27.2. The maximum atomic E-state index is 14.3. The van der Waals surface area contributed by atoms with Crippen LogP contribution in [-0.4, -0.2) is 36.1 Å². The van der Waals surface area contributed by atoms with Crippen molar-refractivity contribution in [2.75, 3.05) is 7.11 Å². The fraction of sp³-hybridized carbons (Fsp3) is 0.240. The lowest BCUT2D eigenvalue weighted by molar-refractivity contribution is -0.108. The van der Waals surface area contributed by atoms with E-state index in [0.717, 1.165) is 38.7 Å². The zero-order valence-electron chi connectivity index (χ0n) is 20.2. The monoisotopic (exact) mass is 495 g/mol. The van der Waals surface area contributed by atoms with Crippen LogP contribution in [0.15, 0.2) is 89.1 Å². The highest BCUT2D eigenvalue weighted by Crippen LogP contribution is 2.39. The number of carbonyl (C=O) groups is 1. The minimum atomic E-state index is -5.01. The van der Waals surface area contributed by atoms with Crippen LogP contribution >= 0.6 is 0 Å². The normalized spacial score (nSPS) is 12.8. The fourth-order valence-electron chi connectivity index (χ4n) is 2.66. The summed E-state index contributed by atoms with van der Waals surface area (Å²) in [5, 5.41) is 7.12. The number of allylic oxidation sites excluding steroid dienone is 10. The van der Waals surface area contributed by atoms with E-state index >= 15 is 0 Å². The predicted molar refractivity (Wildman–Crippen MR) is 130 cm³/mol. The van der Waals surface area contributed by atoms with E-state index in [1.807, 2.05) is 18.2 Å². The third-order valence-corrected chi connectivity index (χ3v) is 4.16. The smallest absolute Gasteiger partial charge is 0.433 e. The number of nitrogens with zero attached hydrogens (tertiary/aromatic N) is 3. The number of hydrogen-bond acceptors (Lipinski definition) is 6. The van der Waals surface area contributed by atoms with Crippen molar-refractivity contribution in [2.24, 2.45) is 5.10 Å². The van der Waals surface area contributed by atoms with E-state index < -0.39 is 40.7 Å². The second-order valence-corrected chi connectivity index (χ2v) is 6.50. The fourth-order valence-corrected chi connectivity index (χ4v) is 2.66. The molecule has 6 nitrogen and oxygen atoms in total. The molecule has 1 aromatic heterocycles. The van der Waals surface area contributed by atoms with Crippen LogP contribution in [-0.2, 0) is 4.74 Å². The van der Waals surface area contributed by atoms with E-state index in [-0.39, 0.29) is 16.3 Å². The Morgan fingerprint density at radius 1 is 1.26 bits per heavy atom. The zero-order valence-corrected chi connectivity index (χ0v) is 20.2. The van der Waals surface area contributed by atoms with Crippen LogP contribution in [0.4, 0.5) is 17.6 Å². The Labute approximate surface area is 202 Å². The largest absolute Gasteiger partial charge is 0.465 e. The maximum absolute atomic E-state index is 14.3. The quantitative estimate of drug-likeness (QED) is 0.0856. The number of alkyl halides is 3. The third-order valence-electron chi connectivity index (χ3n) is 4.16. The molecule has 35 heavy (non-hydrogen) atoms. The molecule has 0 spiro atoms. The molecule has 0 atom stereocenters. The SMILES string of the molecule is C=C/C=C(F)\C(=C/C)N(N=C)/C(=C(\C)c1onc(C)c1C(=O)OC)C(F)(F)F.C=CC=CCC=C. The number of ether oxygens (including phenoxy) is 1. The van der Waals surface area contributed by atoms with Gasteiger partial charge in [-0.3, -0.25) is 0 Å². The van der Waals surface area contributed by atoms with E-state index in [2.05, 4.69) is 41.4 Å². The first kappa shape index (κ1) is 31.0. The van der Waals surface area contributed by atoms with Crippen LogP contribution in [0.1, 0.15) is 42.1 Å². The third kappa shape index (κ3) is 8.73. The van der Waals surface area contributed by atoms with Crippen molar-refractivity contribution in [1.82, 2.24) is 10.2 Å². The first-order valence-electron chi connectivity index (χ1n) is 10.1. The number of aryl methyl sites for hydroxylation is 1. The molecule has 0 bridgehead atoms. The number of hydrogen-bond donors (Lipinski definition) is 0. The summed E-state index contributed by atoms with van der Waals surface area (Å²) in [6.07, 6.45) is 6.45. The lowest BCUT2D eigenvalue weighted by atomic mass is 10.1. The molecular weight excluding hydrogens is 466 g/mol. The molecule has 0 saturated carbocycles. The standard InChI is InChI=1S/C18H19F4N3O3.C7H10/c1-7-9-12(19)13(8-2)25(23-5)16(18(20,21)22)10(3)15-14(17(26)27-6)11(4)24-28-15;1-3-5-7-6-4-2/h7-9H,1,5H2,2-4,6H3;3-5,7H,1-2,6H2/b12-9+,13-8+,16-10+;. The molecule has 0 radical (unpaired) electrons. The Morgan fingerprint density at radius 3 is 2.31 bits per heavy atom. The Bertz CT molecular complexity index is 1040. The van der Waals surface area contributed by atoms with Gasteiger partial charge in [-0.2, -0.15) is 18.3 Å². The number of methoxy groups -OCH3 is 1. The van der Waals surface area contributed by atoms with Gasteiger partial charge >= 0.3 is 12.1 Å². The van der Waals surface area contributed by atoms with E-state index in [1.54, 1.807) is 6.08 Å². The van der Waals surface area contributed by atoms with Crippen molar-refractivity contribution in [3.63, 3.8) is 0 Å². The van der Waals surface area contributed by atoms with E-state index in [4.69, 9.17) is 4.52 Å².